The van der Waals surface area contributed by atoms with Gasteiger partial charge in [0.05, 0.1) is 33.3 Å². The molecule has 0 saturated heterocycles. The Balaban J connectivity index is 0.971. The van der Waals surface area contributed by atoms with Crippen molar-refractivity contribution in [2.75, 3.05) is 0 Å². The molecule has 0 radical (unpaired) electrons. The highest BCUT2D eigenvalue weighted by Gasteiger charge is 2.49. The molecule has 0 fully saturated rings. The van der Waals surface area contributed by atoms with Gasteiger partial charge in [-0.05, 0) is 108 Å². The van der Waals surface area contributed by atoms with Crippen molar-refractivity contribution < 1.29 is 0 Å². The monoisotopic (exact) mass is 963 g/mol. The first-order chi connectivity index (χ1) is 37.7. The minimum atomic E-state index is -0.666. The van der Waals surface area contributed by atoms with Crippen LogP contribution < -0.4 is 0 Å². The highest BCUT2D eigenvalue weighted by Crippen LogP contribution is 2.64. The maximum atomic E-state index is 5.28. The van der Waals surface area contributed by atoms with Crippen LogP contribution in [0.5, 0.6) is 0 Å². The van der Waals surface area contributed by atoms with E-state index in [0.717, 1.165) is 44.1 Å². The smallest absolute Gasteiger partial charge is 0.160 e. The summed E-state index contributed by atoms with van der Waals surface area (Å²) < 4.78 is 2.57. The largest absolute Gasteiger partial charge is 0.308 e. The lowest BCUT2D eigenvalue weighted by atomic mass is 9.67. The van der Waals surface area contributed by atoms with E-state index in [-0.39, 0.29) is 0 Å². The van der Waals surface area contributed by atoms with E-state index in [4.69, 9.17) is 9.97 Å². The zero-order valence-corrected chi connectivity index (χ0v) is 41.3. The Bertz CT molecular complexity index is 4570. The molecule has 0 bridgehead atoms. The Morgan fingerprint density at radius 1 is 0.316 bits per heavy atom. The van der Waals surface area contributed by atoms with E-state index in [2.05, 4.69) is 278 Å². The molecule has 3 nitrogen and oxygen atoms in total. The van der Waals surface area contributed by atoms with E-state index in [0.29, 0.717) is 5.82 Å². The van der Waals surface area contributed by atoms with E-state index in [1.807, 2.05) is 0 Å². The number of para-hydroxylation sites is 3. The van der Waals surface area contributed by atoms with Crippen LogP contribution in [0.1, 0.15) is 22.3 Å². The Morgan fingerprint density at radius 3 is 1.57 bits per heavy atom. The van der Waals surface area contributed by atoms with Crippen molar-refractivity contribution >= 4 is 43.5 Å². The summed E-state index contributed by atoms with van der Waals surface area (Å²) in [6, 6.07) is 101. The molecular formula is C73H45N3. The molecule has 0 atom stereocenters. The van der Waals surface area contributed by atoms with Crippen LogP contribution in [0.2, 0.25) is 0 Å². The SMILES string of the molecule is c1ccc(-c2ccc(C3(c4ccc(-c5ccccc5)cc4)c4ccc(-c5ccc6ccc(-c7nc(-c8ccccc8)c8ccccc8n7)cc6c5)c5c4-c4c3ccc3c6ccccc6n(c43)-c3ccccc3-5)cc2)cc1. The molecule has 1 aliphatic heterocycles. The molecule has 0 N–H and O–H groups in total. The predicted molar refractivity (Wildman–Crippen MR) is 315 cm³/mol. The average Bonchev–Trinajstić information content (AvgIpc) is 4.19. The Hall–Kier alpha value is -9.96. The van der Waals surface area contributed by atoms with Gasteiger partial charge in [-0.2, -0.15) is 0 Å². The van der Waals surface area contributed by atoms with Crippen molar-refractivity contribution in [3.05, 3.63) is 295 Å². The molecule has 0 spiro atoms. The van der Waals surface area contributed by atoms with Gasteiger partial charge in [-0.1, -0.05) is 243 Å². The molecule has 352 valence electrons. The maximum absolute atomic E-state index is 5.28. The van der Waals surface area contributed by atoms with Crippen molar-refractivity contribution in [1.29, 1.82) is 0 Å². The number of fused-ring (bicyclic) bond motifs is 8. The van der Waals surface area contributed by atoms with Crippen LogP contribution in [0.4, 0.5) is 0 Å². The highest BCUT2D eigenvalue weighted by molar-refractivity contribution is 6.20. The second-order valence-electron chi connectivity index (χ2n) is 20.4. The molecule has 3 heterocycles. The molecule has 12 aromatic carbocycles. The van der Waals surface area contributed by atoms with Gasteiger partial charge < -0.3 is 4.57 Å². The molecule has 0 unspecified atom stereocenters. The third kappa shape index (κ3) is 6.17. The number of hydrogen-bond acceptors (Lipinski definition) is 2. The van der Waals surface area contributed by atoms with Gasteiger partial charge in [0.1, 0.15) is 0 Å². The van der Waals surface area contributed by atoms with Gasteiger partial charge in [0.15, 0.2) is 5.82 Å². The van der Waals surface area contributed by atoms with Crippen LogP contribution in [0, 0.1) is 0 Å². The minimum absolute atomic E-state index is 0.666. The van der Waals surface area contributed by atoms with Gasteiger partial charge >= 0.3 is 0 Å². The van der Waals surface area contributed by atoms with Crippen molar-refractivity contribution in [2.24, 2.45) is 0 Å². The number of hydrogen-bond donors (Lipinski definition) is 0. The first kappa shape index (κ1) is 42.5. The van der Waals surface area contributed by atoms with Gasteiger partial charge in [-0.3, -0.25) is 0 Å². The molecular weight excluding hydrogens is 919 g/mol. The van der Waals surface area contributed by atoms with Crippen LogP contribution >= 0.6 is 0 Å². The Kier molecular flexibility index (Phi) is 9.25. The molecule has 0 saturated carbocycles. The van der Waals surface area contributed by atoms with E-state index >= 15 is 0 Å². The third-order valence-corrected chi connectivity index (χ3v) is 16.4. The van der Waals surface area contributed by atoms with Crippen LogP contribution in [-0.4, -0.2) is 14.5 Å². The molecule has 16 rings (SSSR count). The van der Waals surface area contributed by atoms with E-state index in [1.54, 1.807) is 0 Å². The fourth-order valence-electron chi connectivity index (χ4n) is 13.0. The number of nitrogens with zero attached hydrogens (tertiary/aromatic N) is 3. The van der Waals surface area contributed by atoms with Gasteiger partial charge in [0.2, 0.25) is 0 Å². The first-order valence-electron chi connectivity index (χ1n) is 26.2. The maximum Gasteiger partial charge on any atom is 0.160 e. The number of rotatable bonds is 7. The van der Waals surface area contributed by atoms with Gasteiger partial charge in [0, 0.05) is 38.4 Å². The minimum Gasteiger partial charge on any atom is -0.308 e. The molecule has 76 heavy (non-hydrogen) atoms. The summed E-state index contributed by atoms with van der Waals surface area (Å²) in [5, 5.41) is 5.85. The molecule has 3 heteroatoms. The highest BCUT2D eigenvalue weighted by atomic mass is 15.0. The lowest BCUT2D eigenvalue weighted by molar-refractivity contribution is 0.769. The normalized spacial score (nSPS) is 12.8. The summed E-state index contributed by atoms with van der Waals surface area (Å²) in [7, 11) is 0. The average molecular weight is 964 g/mol. The quantitative estimate of drug-likeness (QED) is 0.159. The fourth-order valence-corrected chi connectivity index (χ4v) is 13.0. The summed E-state index contributed by atoms with van der Waals surface area (Å²) in [6.07, 6.45) is 0. The molecule has 1 aliphatic carbocycles. The van der Waals surface area contributed by atoms with Crippen molar-refractivity contribution in [1.82, 2.24) is 14.5 Å². The summed E-state index contributed by atoms with van der Waals surface area (Å²) in [5.41, 5.74) is 24.1. The lowest BCUT2D eigenvalue weighted by Gasteiger charge is -2.35. The number of aromatic nitrogens is 3. The van der Waals surface area contributed by atoms with Crippen molar-refractivity contribution in [3.8, 4) is 84.0 Å². The molecule has 14 aromatic rings. The molecule has 2 aliphatic rings. The summed E-state index contributed by atoms with van der Waals surface area (Å²) in [4.78, 5) is 10.5. The molecule has 0 amide bonds. The van der Waals surface area contributed by atoms with Crippen LogP contribution in [0.25, 0.3) is 127 Å². The van der Waals surface area contributed by atoms with Gasteiger partial charge in [-0.25, -0.2) is 9.97 Å². The van der Waals surface area contributed by atoms with E-state index < -0.39 is 5.41 Å². The standard InChI is InChI=1S/C73H45N3/c1-4-16-46(17-5-1)48-32-36-55(37-33-48)73(56-38-34-49(35-39-56)47-18-6-2-7-19-47)62-42-40-57(67-61-24-12-15-27-66(61)76-65-26-14-11-22-58(65)59-41-43-63(73)69(68(62)67)71(59)76)52-30-28-50-29-31-53(45-54(50)44-52)72-74-64-25-13-10-23-60(64)70(75-72)51-20-8-3-9-21-51/h1-45H. The summed E-state index contributed by atoms with van der Waals surface area (Å²) in [5.74, 6) is 0.711. The van der Waals surface area contributed by atoms with Gasteiger partial charge in [0.25, 0.3) is 0 Å². The fraction of sp³-hybridized carbons (Fsp3) is 0.0137. The molecule has 2 aromatic heterocycles. The predicted octanol–water partition coefficient (Wildman–Crippen LogP) is 18.6. The van der Waals surface area contributed by atoms with E-state index in [9.17, 15) is 0 Å². The summed E-state index contributed by atoms with van der Waals surface area (Å²) >= 11 is 0. The second-order valence-corrected chi connectivity index (χ2v) is 20.4. The topological polar surface area (TPSA) is 30.7 Å². The lowest BCUT2D eigenvalue weighted by Crippen LogP contribution is -2.28. The zero-order chi connectivity index (χ0) is 49.9. The summed E-state index contributed by atoms with van der Waals surface area (Å²) in [6.45, 7) is 0. The van der Waals surface area contributed by atoms with E-state index in [1.165, 1.54) is 99.8 Å². The second kappa shape index (κ2) is 16.5. The third-order valence-electron chi connectivity index (χ3n) is 16.4. The Morgan fingerprint density at radius 2 is 0.855 bits per heavy atom. The van der Waals surface area contributed by atoms with Crippen LogP contribution in [-0.2, 0) is 5.41 Å². The van der Waals surface area contributed by atoms with Crippen LogP contribution in [0.3, 0.4) is 0 Å². The van der Waals surface area contributed by atoms with Crippen molar-refractivity contribution in [3.63, 3.8) is 0 Å². The van der Waals surface area contributed by atoms with Gasteiger partial charge in [-0.15, -0.1) is 0 Å². The zero-order valence-electron chi connectivity index (χ0n) is 41.3. The van der Waals surface area contributed by atoms with Crippen LogP contribution in [0.15, 0.2) is 273 Å². The Labute approximate surface area is 440 Å². The first-order valence-corrected chi connectivity index (χ1v) is 26.2. The number of benzene rings is 12. The van der Waals surface area contributed by atoms with Crippen molar-refractivity contribution in [2.45, 2.75) is 5.41 Å².